The van der Waals surface area contributed by atoms with Gasteiger partial charge in [0, 0.05) is 43.2 Å². The highest BCUT2D eigenvalue weighted by Crippen LogP contribution is 2.27. The fourth-order valence-corrected chi connectivity index (χ4v) is 5.97. The number of fused-ring (bicyclic) bond motifs is 1. The van der Waals surface area contributed by atoms with Crippen LogP contribution in [0.4, 0.5) is 0 Å². The number of nitrogens with two attached hydrogens (primary N) is 1. The topological polar surface area (TPSA) is 78.4 Å². The molecular formula is C27H41N5O. The summed E-state index contributed by atoms with van der Waals surface area (Å²) < 4.78 is 2.00. The Morgan fingerprint density at radius 3 is 2.52 bits per heavy atom. The van der Waals surface area contributed by atoms with Crippen LogP contribution in [0.1, 0.15) is 76.7 Å². The Morgan fingerprint density at radius 1 is 1.03 bits per heavy atom. The molecule has 2 saturated heterocycles. The van der Waals surface area contributed by atoms with E-state index in [2.05, 4.69) is 36.9 Å². The normalized spacial score (nSPS) is 24.3. The summed E-state index contributed by atoms with van der Waals surface area (Å²) in [6.07, 6.45) is 9.29. The van der Waals surface area contributed by atoms with Crippen molar-refractivity contribution in [3.05, 3.63) is 46.2 Å². The number of benzene rings is 1. The molecule has 180 valence electrons. The zero-order valence-electron chi connectivity index (χ0n) is 20.4. The summed E-state index contributed by atoms with van der Waals surface area (Å²) in [5.41, 5.74) is 7.81. The zero-order chi connectivity index (χ0) is 23.4. The van der Waals surface area contributed by atoms with Crippen molar-refractivity contribution in [1.82, 2.24) is 14.4 Å². The van der Waals surface area contributed by atoms with Gasteiger partial charge in [-0.05, 0) is 76.4 Å². The van der Waals surface area contributed by atoms with Crippen LogP contribution in [-0.4, -0.2) is 52.0 Å². The largest absolute Gasteiger partial charge is 0.370 e. The first-order valence-electron chi connectivity index (χ1n) is 12.9. The maximum atomic E-state index is 13.6. The highest BCUT2D eigenvalue weighted by molar-refractivity contribution is 5.80. The highest BCUT2D eigenvalue weighted by atomic mass is 16.1. The smallest absolute Gasteiger partial charge is 0.254 e. The van der Waals surface area contributed by atoms with Gasteiger partial charge in [-0.25, -0.2) is 0 Å². The van der Waals surface area contributed by atoms with Gasteiger partial charge < -0.3 is 15.2 Å². The number of pyridine rings is 1. The van der Waals surface area contributed by atoms with E-state index in [0.717, 1.165) is 55.2 Å². The van der Waals surface area contributed by atoms with Gasteiger partial charge in [-0.15, -0.1) is 0 Å². The van der Waals surface area contributed by atoms with Crippen LogP contribution in [0, 0.1) is 5.41 Å². The third-order valence-electron chi connectivity index (χ3n) is 7.91. The number of hydrogen-bond donors (Lipinski definition) is 2. The first kappa shape index (κ1) is 23.8. The fraction of sp³-hybridized carbons (Fsp3) is 0.630. The number of aromatic nitrogens is 1. The second kappa shape index (κ2) is 10.7. The molecule has 0 saturated carbocycles. The average molecular weight is 452 g/mol. The fourth-order valence-electron chi connectivity index (χ4n) is 5.97. The lowest BCUT2D eigenvalue weighted by molar-refractivity contribution is 0.101. The molecule has 0 amide bonds. The second-order valence-corrected chi connectivity index (χ2v) is 10.2. The maximum Gasteiger partial charge on any atom is 0.254 e. The van der Waals surface area contributed by atoms with Gasteiger partial charge in [-0.2, -0.15) is 0 Å². The summed E-state index contributed by atoms with van der Waals surface area (Å²) in [5.74, 6) is 0.242. The Morgan fingerprint density at radius 2 is 1.76 bits per heavy atom. The third kappa shape index (κ3) is 5.43. The van der Waals surface area contributed by atoms with Crippen LogP contribution in [0.3, 0.4) is 0 Å². The van der Waals surface area contributed by atoms with E-state index in [0.29, 0.717) is 18.6 Å². The minimum absolute atomic E-state index is 0.109. The quantitative estimate of drug-likeness (QED) is 0.369. The Bertz CT molecular complexity index is 1010. The lowest BCUT2D eigenvalue weighted by atomic mass is 9.90. The van der Waals surface area contributed by atoms with Crippen molar-refractivity contribution in [2.24, 2.45) is 5.73 Å². The van der Waals surface area contributed by atoms with E-state index in [-0.39, 0.29) is 17.4 Å². The molecule has 2 aliphatic heterocycles. The molecule has 6 nitrogen and oxygen atoms in total. The van der Waals surface area contributed by atoms with Gasteiger partial charge in [0.1, 0.15) is 0 Å². The SMILES string of the molecule is C[C@@H]1CCC[C@H](C)N1CCCCCn1c(=O)c(C2CCCN(C(=N)N)C2)cc2ccccc21. The number of rotatable bonds is 7. The van der Waals surface area contributed by atoms with Crippen LogP contribution in [-0.2, 0) is 6.54 Å². The number of hydrogen-bond acceptors (Lipinski definition) is 3. The first-order chi connectivity index (χ1) is 16.0. The Balaban J connectivity index is 1.46. The van der Waals surface area contributed by atoms with Gasteiger partial charge in [0.15, 0.2) is 5.96 Å². The predicted molar refractivity (Wildman–Crippen MR) is 137 cm³/mol. The van der Waals surface area contributed by atoms with E-state index in [1.54, 1.807) is 0 Å². The lowest BCUT2D eigenvalue weighted by Gasteiger charge is -2.39. The van der Waals surface area contributed by atoms with Gasteiger partial charge >= 0.3 is 0 Å². The third-order valence-corrected chi connectivity index (χ3v) is 7.91. The van der Waals surface area contributed by atoms with Crippen molar-refractivity contribution in [3.63, 3.8) is 0 Å². The van der Waals surface area contributed by atoms with Crippen LogP contribution < -0.4 is 11.3 Å². The van der Waals surface area contributed by atoms with Crippen molar-refractivity contribution >= 4 is 16.9 Å². The number of aryl methyl sites for hydroxylation is 1. The average Bonchev–Trinajstić information content (AvgIpc) is 2.81. The summed E-state index contributed by atoms with van der Waals surface area (Å²) in [4.78, 5) is 18.2. The van der Waals surface area contributed by atoms with Gasteiger partial charge in [-0.3, -0.25) is 15.1 Å². The molecule has 1 unspecified atom stereocenters. The van der Waals surface area contributed by atoms with E-state index in [9.17, 15) is 4.79 Å². The predicted octanol–water partition coefficient (Wildman–Crippen LogP) is 4.51. The number of guanidine groups is 1. The molecule has 0 bridgehead atoms. The van der Waals surface area contributed by atoms with Crippen molar-refractivity contribution < 1.29 is 0 Å². The molecule has 33 heavy (non-hydrogen) atoms. The molecule has 0 aliphatic carbocycles. The number of unbranched alkanes of at least 4 members (excludes halogenated alkanes) is 2. The number of para-hydroxylation sites is 1. The van der Waals surface area contributed by atoms with Crippen molar-refractivity contribution in [2.75, 3.05) is 19.6 Å². The number of likely N-dealkylation sites (tertiary alicyclic amines) is 2. The molecule has 2 fully saturated rings. The monoisotopic (exact) mass is 451 g/mol. The van der Waals surface area contributed by atoms with Crippen LogP contribution in [0.2, 0.25) is 0 Å². The molecule has 2 aromatic rings. The molecule has 3 atom stereocenters. The summed E-state index contributed by atoms with van der Waals surface area (Å²) >= 11 is 0. The van der Waals surface area contributed by atoms with E-state index in [1.165, 1.54) is 32.2 Å². The van der Waals surface area contributed by atoms with Crippen LogP contribution >= 0.6 is 0 Å². The molecule has 3 N–H and O–H groups in total. The zero-order valence-corrected chi connectivity index (χ0v) is 20.4. The first-order valence-corrected chi connectivity index (χ1v) is 12.9. The highest BCUT2D eigenvalue weighted by Gasteiger charge is 2.26. The van der Waals surface area contributed by atoms with Gasteiger partial charge in [0.25, 0.3) is 5.56 Å². The van der Waals surface area contributed by atoms with Crippen LogP contribution in [0.25, 0.3) is 10.9 Å². The summed E-state index contributed by atoms with van der Waals surface area (Å²) in [5, 5.41) is 8.94. The Labute approximate surface area is 198 Å². The number of nitrogens with one attached hydrogen (secondary N) is 1. The van der Waals surface area contributed by atoms with Crippen LogP contribution in [0.5, 0.6) is 0 Å². The van der Waals surface area contributed by atoms with Gasteiger partial charge in [-0.1, -0.05) is 31.0 Å². The molecular weight excluding hydrogens is 410 g/mol. The van der Waals surface area contributed by atoms with Crippen LogP contribution in [0.15, 0.2) is 35.1 Å². The van der Waals surface area contributed by atoms with Crippen molar-refractivity contribution in [3.8, 4) is 0 Å². The molecule has 1 aromatic heterocycles. The second-order valence-electron chi connectivity index (χ2n) is 10.2. The van der Waals surface area contributed by atoms with E-state index >= 15 is 0 Å². The van der Waals surface area contributed by atoms with Gasteiger partial charge in [0.05, 0.1) is 5.52 Å². The Kier molecular flexibility index (Phi) is 7.74. The molecule has 4 rings (SSSR count). The molecule has 1 aromatic carbocycles. The van der Waals surface area contributed by atoms with Gasteiger partial charge in [0.2, 0.25) is 0 Å². The molecule has 0 spiro atoms. The van der Waals surface area contributed by atoms with Crippen molar-refractivity contribution in [1.29, 1.82) is 5.41 Å². The van der Waals surface area contributed by atoms with Crippen molar-refractivity contribution in [2.45, 2.75) is 89.8 Å². The number of nitrogens with zero attached hydrogens (tertiary/aromatic N) is 3. The summed E-state index contributed by atoms with van der Waals surface area (Å²) in [7, 11) is 0. The molecule has 6 heteroatoms. The standard InChI is InChI=1S/C27H41N5O/c1-20-10-8-11-21(2)31(20)16-6-3-7-17-32-25-14-5-4-12-22(25)18-24(26(32)33)23-13-9-15-30(19-23)27(28)29/h4-5,12,14,18,20-21,23H,3,6-11,13,15-17,19H2,1-2H3,(H3,28,29)/t20-,21+,23?. The summed E-state index contributed by atoms with van der Waals surface area (Å²) in [6.45, 7) is 8.14. The Hall–Kier alpha value is -2.34. The lowest BCUT2D eigenvalue weighted by Crippen LogP contribution is -2.44. The molecule has 2 aliphatic rings. The minimum Gasteiger partial charge on any atom is -0.370 e. The summed E-state index contributed by atoms with van der Waals surface area (Å²) in [6, 6.07) is 11.7. The maximum absolute atomic E-state index is 13.6. The van der Waals surface area contributed by atoms with E-state index in [4.69, 9.17) is 11.1 Å². The van der Waals surface area contributed by atoms with E-state index in [1.807, 2.05) is 21.6 Å². The molecule has 0 radical (unpaired) electrons. The van der Waals surface area contributed by atoms with E-state index < -0.39 is 0 Å². The molecule has 3 heterocycles. The number of piperidine rings is 2. The minimum atomic E-state index is 0.109.